The van der Waals surface area contributed by atoms with Crippen LogP contribution >= 0.6 is 11.3 Å². The Labute approximate surface area is 246 Å². The molecule has 1 unspecified atom stereocenters. The molecule has 5 rings (SSSR count). The van der Waals surface area contributed by atoms with Crippen LogP contribution in [0.5, 0.6) is 5.75 Å². The maximum Gasteiger partial charge on any atom is 0.188 e. The number of carbonyl (C=O) groups is 1. The predicted octanol–water partition coefficient (Wildman–Crippen LogP) is 4.89. The zero-order valence-electron chi connectivity index (χ0n) is 23.5. The van der Waals surface area contributed by atoms with Crippen LogP contribution in [0.2, 0.25) is 0 Å². The molecule has 1 aromatic heterocycles. The van der Waals surface area contributed by atoms with E-state index in [4.69, 9.17) is 14.5 Å². The number of fused-ring (bicyclic) bond motifs is 1. The lowest BCUT2D eigenvalue weighted by Crippen LogP contribution is -2.46. The van der Waals surface area contributed by atoms with Crippen molar-refractivity contribution < 1.29 is 22.7 Å². The molecule has 9 heteroatoms. The summed E-state index contributed by atoms with van der Waals surface area (Å²) in [7, 11) is -1.79. The summed E-state index contributed by atoms with van der Waals surface area (Å²) in [6, 6.07) is 17.6. The van der Waals surface area contributed by atoms with Gasteiger partial charge in [-0.15, -0.1) is 11.3 Å². The number of nitrogens with one attached hydrogen (secondary N) is 1. The number of sulfone groups is 1. The topological polar surface area (TPSA) is 94.1 Å². The number of carbonyl (C=O) groups excluding carboxylic acids is 1. The molecule has 2 aliphatic rings. The molecule has 1 N–H and O–H groups in total. The van der Waals surface area contributed by atoms with Crippen molar-refractivity contribution in [1.82, 2.24) is 5.32 Å². The van der Waals surface area contributed by atoms with Gasteiger partial charge in [0.15, 0.2) is 15.6 Å². The monoisotopic (exact) mass is 592 g/mol. The number of nitrogens with zero attached hydrogens (tertiary/aromatic N) is 1. The number of aliphatic imine (C=N–C) groups is 1. The lowest BCUT2D eigenvalue weighted by atomic mass is 9.93. The van der Waals surface area contributed by atoms with Crippen molar-refractivity contribution in [1.29, 1.82) is 0 Å². The summed E-state index contributed by atoms with van der Waals surface area (Å²) in [5.41, 5.74) is 6.08. The first-order chi connectivity index (χ1) is 19.8. The fourth-order valence-electron chi connectivity index (χ4n) is 5.33. The highest BCUT2D eigenvalue weighted by Crippen LogP contribution is 2.31. The van der Waals surface area contributed by atoms with E-state index in [1.165, 1.54) is 11.3 Å². The number of ether oxygens (including phenoxy) is 2. The molecule has 0 radical (unpaired) electrons. The van der Waals surface area contributed by atoms with E-state index in [1.54, 1.807) is 13.2 Å². The maximum absolute atomic E-state index is 13.0. The van der Waals surface area contributed by atoms with E-state index in [0.29, 0.717) is 61.8 Å². The Morgan fingerprint density at radius 3 is 2.71 bits per heavy atom. The van der Waals surface area contributed by atoms with Gasteiger partial charge in [0.05, 0.1) is 37.8 Å². The Morgan fingerprint density at radius 2 is 1.95 bits per heavy atom. The van der Waals surface area contributed by atoms with Crippen molar-refractivity contribution in [3.8, 4) is 5.75 Å². The lowest BCUT2D eigenvalue weighted by molar-refractivity contribution is -0.123. The number of benzene rings is 2. The number of aryl methyl sites for hydroxylation is 2. The molecule has 7 nitrogen and oxygen atoms in total. The van der Waals surface area contributed by atoms with Crippen LogP contribution < -0.4 is 10.1 Å². The van der Waals surface area contributed by atoms with Crippen LogP contribution in [0.25, 0.3) is 0 Å². The smallest absolute Gasteiger partial charge is 0.188 e. The minimum absolute atomic E-state index is 0.0181. The van der Waals surface area contributed by atoms with Gasteiger partial charge in [0.25, 0.3) is 0 Å². The van der Waals surface area contributed by atoms with Crippen LogP contribution in [-0.2, 0) is 38.6 Å². The second-order valence-electron chi connectivity index (χ2n) is 10.5. The van der Waals surface area contributed by atoms with Crippen molar-refractivity contribution in [3.05, 3.63) is 93.5 Å². The molecule has 0 saturated carbocycles. The number of allylic oxidation sites excluding steroid dienone is 1. The third-order valence-corrected chi connectivity index (χ3v) is 10.8. The number of hydrogen-bond acceptors (Lipinski definition) is 8. The summed E-state index contributed by atoms with van der Waals surface area (Å²) in [4.78, 5) is 18.4. The van der Waals surface area contributed by atoms with Gasteiger partial charge < -0.3 is 14.8 Å². The number of rotatable bonds is 11. The summed E-state index contributed by atoms with van der Waals surface area (Å²) in [5, 5.41) is 3.24. The fraction of sp³-hybridized carbons (Fsp3) is 0.375. The van der Waals surface area contributed by atoms with E-state index in [1.807, 2.05) is 37.4 Å². The second kappa shape index (κ2) is 13.2. The molecular formula is C32H36N2O5S2. The molecule has 0 spiro atoms. The Hall–Kier alpha value is -3.11. The van der Waals surface area contributed by atoms with Gasteiger partial charge >= 0.3 is 0 Å². The van der Waals surface area contributed by atoms with E-state index >= 15 is 0 Å². The van der Waals surface area contributed by atoms with Gasteiger partial charge in [0.1, 0.15) is 9.96 Å². The number of methoxy groups -OCH3 is 1. The highest BCUT2D eigenvalue weighted by atomic mass is 32.2. The molecule has 1 atom stereocenters. The minimum atomic E-state index is -3.42. The van der Waals surface area contributed by atoms with Crippen molar-refractivity contribution >= 4 is 32.7 Å². The zero-order valence-corrected chi connectivity index (χ0v) is 25.2. The number of hydrogen-bond donors (Lipinski definition) is 1. The van der Waals surface area contributed by atoms with Crippen LogP contribution in [0.3, 0.4) is 0 Å². The van der Waals surface area contributed by atoms with Gasteiger partial charge in [-0.1, -0.05) is 36.4 Å². The largest absolute Gasteiger partial charge is 0.496 e. The highest BCUT2D eigenvalue weighted by Gasteiger charge is 2.24. The van der Waals surface area contributed by atoms with Gasteiger partial charge in [-0.3, -0.25) is 9.79 Å². The molecule has 1 fully saturated rings. The molecule has 2 aromatic carbocycles. The first-order valence-electron chi connectivity index (χ1n) is 13.9. The first-order valence-corrected chi connectivity index (χ1v) is 16.4. The van der Waals surface area contributed by atoms with Gasteiger partial charge in [-0.25, -0.2) is 8.42 Å². The quantitative estimate of drug-likeness (QED) is 0.341. The first kappa shape index (κ1) is 29.4. The molecule has 0 aliphatic carbocycles. The summed E-state index contributed by atoms with van der Waals surface area (Å²) in [6.45, 7) is 3.72. The molecule has 41 heavy (non-hydrogen) atoms. The van der Waals surface area contributed by atoms with E-state index in [9.17, 15) is 13.2 Å². The van der Waals surface area contributed by atoms with Gasteiger partial charge in [-0.05, 0) is 66.6 Å². The Bertz CT molecular complexity index is 1570. The van der Waals surface area contributed by atoms with Gasteiger partial charge in [0, 0.05) is 36.0 Å². The molecule has 2 aliphatic heterocycles. The Morgan fingerprint density at radius 1 is 1.12 bits per heavy atom. The Balaban J connectivity index is 1.32. The molecule has 3 aromatic rings. The van der Waals surface area contributed by atoms with Crippen LogP contribution in [0, 0.1) is 6.92 Å². The number of Topliss-reactive ketones (excluding diaryl/α,β-unsaturated/α-hetero) is 1. The van der Waals surface area contributed by atoms with Crippen LogP contribution in [0.15, 0.2) is 75.6 Å². The molecular weight excluding hydrogens is 556 g/mol. The molecule has 3 heterocycles. The number of thiophene rings is 1. The summed E-state index contributed by atoms with van der Waals surface area (Å²) in [6.07, 6.45) is 4.74. The lowest BCUT2D eigenvalue weighted by Gasteiger charge is -2.22. The Kier molecular flexibility index (Phi) is 9.49. The van der Waals surface area contributed by atoms with E-state index in [2.05, 4.69) is 29.6 Å². The predicted molar refractivity (Wildman–Crippen MR) is 163 cm³/mol. The standard InChI is InChI=1S/C32H36N2O5S2/c1-22-9-12-31(40-22)41(36,37)16-13-27-32-26(7-4-8-30(32)38-2)19-25(20-34-27)18-24-6-3-5-23(17-24)10-11-29(35)28-21-39-15-14-33-28/h3-9,12,17,20,28,33H,10-11,13-16,18-19,21H2,1-2H3. The summed E-state index contributed by atoms with van der Waals surface area (Å²) >= 11 is 1.30. The summed E-state index contributed by atoms with van der Waals surface area (Å²) in [5.74, 6) is 0.866. The van der Waals surface area contributed by atoms with Gasteiger partial charge in [0.2, 0.25) is 0 Å². The number of morpholine rings is 1. The average molecular weight is 593 g/mol. The van der Waals surface area contributed by atoms with E-state index in [-0.39, 0.29) is 17.6 Å². The average Bonchev–Trinajstić information content (AvgIpc) is 3.35. The summed E-state index contributed by atoms with van der Waals surface area (Å²) < 4.78 is 37.6. The number of ketones is 1. The highest BCUT2D eigenvalue weighted by molar-refractivity contribution is 7.93. The van der Waals surface area contributed by atoms with E-state index in [0.717, 1.165) is 38.4 Å². The zero-order chi connectivity index (χ0) is 28.8. The maximum atomic E-state index is 13.0. The van der Waals surface area contributed by atoms with Crippen molar-refractivity contribution in [2.75, 3.05) is 32.6 Å². The normalized spacial score (nSPS) is 17.3. The third kappa shape index (κ3) is 7.40. The van der Waals surface area contributed by atoms with Crippen molar-refractivity contribution in [3.63, 3.8) is 0 Å². The molecule has 216 valence electrons. The SMILES string of the molecule is COc1cccc2c1C(CCS(=O)(=O)c1ccc(C)s1)=NC=C(Cc1cccc(CCC(=O)C3COCCN3)c1)C2. The van der Waals surface area contributed by atoms with Crippen LogP contribution in [-0.4, -0.2) is 58.6 Å². The minimum Gasteiger partial charge on any atom is -0.496 e. The van der Waals surface area contributed by atoms with E-state index < -0.39 is 9.84 Å². The second-order valence-corrected chi connectivity index (χ2v) is 14.1. The van der Waals surface area contributed by atoms with Crippen LogP contribution in [0.4, 0.5) is 0 Å². The molecule has 0 bridgehead atoms. The van der Waals surface area contributed by atoms with Crippen molar-refractivity contribution in [2.45, 2.75) is 49.3 Å². The van der Waals surface area contributed by atoms with Crippen LogP contribution in [0.1, 0.15) is 40.0 Å². The molecule has 0 amide bonds. The third-order valence-electron chi connectivity index (χ3n) is 7.46. The van der Waals surface area contributed by atoms with Crippen molar-refractivity contribution in [2.24, 2.45) is 4.99 Å². The van der Waals surface area contributed by atoms with Gasteiger partial charge in [-0.2, -0.15) is 0 Å². The molecule has 1 saturated heterocycles. The fourth-order valence-corrected chi connectivity index (χ4v) is 8.01.